The van der Waals surface area contributed by atoms with Crippen LogP contribution in [0.1, 0.15) is 24.8 Å². The Bertz CT molecular complexity index is 457. The number of halogens is 1. The highest BCUT2D eigenvalue weighted by molar-refractivity contribution is 5.85. The summed E-state index contributed by atoms with van der Waals surface area (Å²) in [6.07, 6.45) is 5.07. The molecule has 1 N–H and O–H groups in total. The van der Waals surface area contributed by atoms with Crippen LogP contribution in [0.4, 0.5) is 0 Å². The highest BCUT2D eigenvalue weighted by Crippen LogP contribution is 2.12. The lowest BCUT2D eigenvalue weighted by Gasteiger charge is -2.07. The minimum Gasteiger partial charge on any atom is -0.493 e. The van der Waals surface area contributed by atoms with Crippen LogP contribution >= 0.6 is 12.4 Å². The summed E-state index contributed by atoms with van der Waals surface area (Å²) in [5.41, 5.74) is 1.27. The molecule has 0 fully saturated rings. The van der Waals surface area contributed by atoms with E-state index in [0.29, 0.717) is 18.9 Å². The smallest absolute Gasteiger partial charge is 0.197 e. The summed E-state index contributed by atoms with van der Waals surface area (Å²) in [5, 5.41) is 3.37. The molecule has 0 aliphatic carbocycles. The molecule has 20 heavy (non-hydrogen) atoms. The van der Waals surface area contributed by atoms with Crippen molar-refractivity contribution in [2.45, 2.75) is 26.3 Å². The summed E-state index contributed by atoms with van der Waals surface area (Å²) >= 11 is 0. The number of rotatable bonds is 8. The van der Waals surface area contributed by atoms with Gasteiger partial charge >= 0.3 is 0 Å². The summed E-state index contributed by atoms with van der Waals surface area (Å²) in [6.45, 7) is 4.70. The van der Waals surface area contributed by atoms with E-state index in [9.17, 15) is 0 Å². The molecule has 0 radical (unpaired) electrons. The van der Waals surface area contributed by atoms with Crippen molar-refractivity contribution in [3.05, 3.63) is 48.2 Å². The highest BCUT2D eigenvalue weighted by Gasteiger charge is 1.99. The van der Waals surface area contributed by atoms with Crippen LogP contribution in [-0.4, -0.2) is 18.1 Å². The van der Waals surface area contributed by atoms with Crippen LogP contribution in [0.15, 0.2) is 41.1 Å². The van der Waals surface area contributed by atoms with Gasteiger partial charge in [-0.1, -0.05) is 19.1 Å². The molecular weight excluding hydrogens is 276 g/mol. The Morgan fingerprint density at radius 3 is 2.70 bits per heavy atom. The van der Waals surface area contributed by atoms with Crippen LogP contribution in [0.5, 0.6) is 5.75 Å². The summed E-state index contributed by atoms with van der Waals surface area (Å²) in [7, 11) is 0. The largest absolute Gasteiger partial charge is 0.493 e. The van der Waals surface area contributed by atoms with Gasteiger partial charge in [0.15, 0.2) is 5.89 Å². The topological polar surface area (TPSA) is 47.3 Å². The normalized spacial score (nSPS) is 10.1. The van der Waals surface area contributed by atoms with Crippen molar-refractivity contribution in [3.8, 4) is 5.75 Å². The second-order valence-corrected chi connectivity index (χ2v) is 4.35. The first-order valence-electron chi connectivity index (χ1n) is 6.69. The molecule has 0 spiro atoms. The molecule has 4 nitrogen and oxygen atoms in total. The van der Waals surface area contributed by atoms with Crippen molar-refractivity contribution in [3.63, 3.8) is 0 Å². The monoisotopic (exact) mass is 296 g/mol. The molecule has 0 aliphatic heterocycles. The van der Waals surface area contributed by atoms with Gasteiger partial charge in [0.1, 0.15) is 12.0 Å². The Balaban J connectivity index is 0.00000200. The third kappa shape index (κ3) is 5.63. The van der Waals surface area contributed by atoms with Gasteiger partial charge in [-0.3, -0.25) is 0 Å². The van der Waals surface area contributed by atoms with Gasteiger partial charge in [-0.2, -0.15) is 0 Å². The van der Waals surface area contributed by atoms with Crippen molar-refractivity contribution < 1.29 is 9.15 Å². The van der Waals surface area contributed by atoms with E-state index in [1.54, 1.807) is 12.5 Å². The second-order valence-electron chi connectivity index (χ2n) is 4.35. The number of hydrogen-bond donors (Lipinski definition) is 1. The number of nitrogens with zero attached hydrogens (tertiary/aromatic N) is 1. The first-order chi connectivity index (χ1) is 9.38. The SMILES string of the molecule is CCCNCc1ccc(OCCc2ncco2)cc1.Cl. The zero-order valence-electron chi connectivity index (χ0n) is 11.7. The third-order valence-electron chi connectivity index (χ3n) is 2.75. The predicted molar refractivity (Wildman–Crippen MR) is 81.4 cm³/mol. The fourth-order valence-electron chi connectivity index (χ4n) is 1.75. The molecule has 1 heterocycles. The number of aromatic nitrogens is 1. The van der Waals surface area contributed by atoms with E-state index in [-0.39, 0.29) is 12.4 Å². The molecule has 0 aliphatic rings. The van der Waals surface area contributed by atoms with Gasteiger partial charge < -0.3 is 14.5 Å². The summed E-state index contributed by atoms with van der Waals surface area (Å²) in [6, 6.07) is 8.17. The lowest BCUT2D eigenvalue weighted by Crippen LogP contribution is -2.13. The number of hydrogen-bond acceptors (Lipinski definition) is 4. The predicted octanol–water partition coefficient (Wildman–Crippen LogP) is 3.22. The number of ether oxygens (including phenoxy) is 1. The maximum absolute atomic E-state index is 5.64. The van der Waals surface area contributed by atoms with Crippen LogP contribution in [0.2, 0.25) is 0 Å². The van der Waals surface area contributed by atoms with E-state index in [4.69, 9.17) is 9.15 Å². The van der Waals surface area contributed by atoms with E-state index in [0.717, 1.165) is 25.3 Å². The van der Waals surface area contributed by atoms with Gasteiger partial charge in [0.2, 0.25) is 0 Å². The van der Waals surface area contributed by atoms with E-state index in [1.165, 1.54) is 5.56 Å². The molecule has 2 aromatic rings. The zero-order chi connectivity index (χ0) is 13.3. The van der Waals surface area contributed by atoms with Gasteiger partial charge in [0.05, 0.1) is 19.2 Å². The quantitative estimate of drug-likeness (QED) is 0.760. The number of oxazole rings is 1. The lowest BCUT2D eigenvalue weighted by molar-refractivity contribution is 0.306. The third-order valence-corrected chi connectivity index (χ3v) is 2.75. The average molecular weight is 297 g/mol. The Morgan fingerprint density at radius 2 is 2.05 bits per heavy atom. The average Bonchev–Trinajstić information content (AvgIpc) is 2.94. The first-order valence-corrected chi connectivity index (χ1v) is 6.69. The van der Waals surface area contributed by atoms with Crippen LogP contribution in [0, 0.1) is 0 Å². The molecular formula is C15H21ClN2O2. The van der Waals surface area contributed by atoms with Crippen molar-refractivity contribution >= 4 is 12.4 Å². The molecule has 2 rings (SSSR count). The summed E-state index contributed by atoms with van der Waals surface area (Å²) < 4.78 is 10.8. The molecule has 0 bridgehead atoms. The Labute approximate surface area is 126 Å². The van der Waals surface area contributed by atoms with E-state index < -0.39 is 0 Å². The van der Waals surface area contributed by atoms with Gasteiger partial charge in [-0.25, -0.2) is 4.98 Å². The first kappa shape index (κ1) is 16.5. The minimum absolute atomic E-state index is 0. The van der Waals surface area contributed by atoms with Gasteiger partial charge in [-0.05, 0) is 30.7 Å². The Kier molecular flexibility index (Phi) is 7.77. The Hall–Kier alpha value is -1.52. The molecule has 110 valence electrons. The lowest BCUT2D eigenvalue weighted by atomic mass is 10.2. The summed E-state index contributed by atoms with van der Waals surface area (Å²) in [5.74, 6) is 1.59. The molecule has 0 atom stereocenters. The minimum atomic E-state index is 0. The van der Waals surface area contributed by atoms with Crippen LogP contribution in [0.25, 0.3) is 0 Å². The fourth-order valence-corrected chi connectivity index (χ4v) is 1.75. The molecule has 0 saturated carbocycles. The van der Waals surface area contributed by atoms with Gasteiger partial charge in [0, 0.05) is 6.54 Å². The van der Waals surface area contributed by atoms with Crippen LogP contribution in [0.3, 0.4) is 0 Å². The van der Waals surface area contributed by atoms with Crippen LogP contribution in [-0.2, 0) is 13.0 Å². The van der Waals surface area contributed by atoms with Crippen molar-refractivity contribution in [2.24, 2.45) is 0 Å². The molecule has 1 aromatic carbocycles. The van der Waals surface area contributed by atoms with Gasteiger partial charge in [-0.15, -0.1) is 12.4 Å². The fraction of sp³-hybridized carbons (Fsp3) is 0.400. The van der Waals surface area contributed by atoms with Crippen molar-refractivity contribution in [1.82, 2.24) is 10.3 Å². The summed E-state index contributed by atoms with van der Waals surface area (Å²) in [4.78, 5) is 4.05. The molecule has 0 saturated heterocycles. The molecule has 5 heteroatoms. The standard InChI is InChI=1S/C15H20N2O2.ClH/c1-2-8-16-12-13-3-5-14(6-4-13)18-10-7-15-17-9-11-19-15;/h3-6,9,11,16H,2,7-8,10,12H2,1H3;1H. The van der Waals surface area contributed by atoms with E-state index >= 15 is 0 Å². The maximum Gasteiger partial charge on any atom is 0.197 e. The van der Waals surface area contributed by atoms with Gasteiger partial charge in [0.25, 0.3) is 0 Å². The molecule has 0 unspecified atom stereocenters. The molecule has 0 amide bonds. The van der Waals surface area contributed by atoms with Crippen molar-refractivity contribution in [2.75, 3.05) is 13.2 Å². The zero-order valence-corrected chi connectivity index (χ0v) is 12.5. The van der Waals surface area contributed by atoms with E-state index in [1.807, 2.05) is 12.1 Å². The van der Waals surface area contributed by atoms with Crippen molar-refractivity contribution in [1.29, 1.82) is 0 Å². The number of nitrogens with one attached hydrogen (secondary N) is 1. The maximum atomic E-state index is 5.64. The van der Waals surface area contributed by atoms with Crippen LogP contribution < -0.4 is 10.1 Å². The van der Waals surface area contributed by atoms with E-state index in [2.05, 4.69) is 29.4 Å². The highest BCUT2D eigenvalue weighted by atomic mass is 35.5. The number of benzene rings is 1. The Morgan fingerprint density at radius 1 is 1.25 bits per heavy atom. The molecule has 1 aromatic heterocycles. The second kappa shape index (κ2) is 9.39.